The molecule has 10 heavy (non-hydrogen) atoms. The van der Waals surface area contributed by atoms with Crippen molar-refractivity contribution >= 4 is 0 Å². The summed E-state index contributed by atoms with van der Waals surface area (Å²) in [5.74, 6) is 0. The third-order valence-corrected chi connectivity index (χ3v) is 1.53. The summed E-state index contributed by atoms with van der Waals surface area (Å²) in [4.78, 5) is 0. The first-order valence-electron chi connectivity index (χ1n) is 3.38. The van der Waals surface area contributed by atoms with Crippen LogP contribution in [0.3, 0.4) is 0 Å². The second kappa shape index (κ2) is 4.07. The Morgan fingerprint density at radius 3 is 1.70 bits per heavy atom. The summed E-state index contributed by atoms with van der Waals surface area (Å²) < 4.78 is 0.785. The van der Waals surface area contributed by atoms with E-state index in [0.717, 1.165) is 17.6 Å². The normalized spacial score (nSPS) is 10.5. The Morgan fingerprint density at radius 1 is 1.10 bits per heavy atom. The Labute approximate surface area is 63.6 Å². The zero-order valence-electron chi connectivity index (χ0n) is 6.71. The SMILES string of the molecule is C=CC[N+](C)(C=C)CC=C. The Balaban J connectivity index is 4.05. The largest absolute Gasteiger partial charge is 0.294 e. The highest BCUT2D eigenvalue weighted by atomic mass is 15.3. The molecule has 1 heteroatoms. The lowest BCUT2D eigenvalue weighted by Crippen LogP contribution is -2.37. The van der Waals surface area contributed by atoms with Gasteiger partial charge in [0, 0.05) is 0 Å². The van der Waals surface area contributed by atoms with Gasteiger partial charge in [0.2, 0.25) is 0 Å². The van der Waals surface area contributed by atoms with Gasteiger partial charge in [0.25, 0.3) is 0 Å². The van der Waals surface area contributed by atoms with Gasteiger partial charge in [-0.15, -0.1) is 0 Å². The summed E-state index contributed by atoms with van der Waals surface area (Å²) in [6.07, 6.45) is 5.69. The van der Waals surface area contributed by atoms with Crippen molar-refractivity contribution in [1.29, 1.82) is 0 Å². The molecular weight excluding hydrogens is 122 g/mol. The molecule has 0 unspecified atom stereocenters. The maximum absolute atomic E-state index is 3.75. The minimum absolute atomic E-state index is 0.785. The first-order chi connectivity index (χ1) is 4.68. The monoisotopic (exact) mass is 138 g/mol. The highest BCUT2D eigenvalue weighted by molar-refractivity contribution is 4.74. The third-order valence-electron chi connectivity index (χ3n) is 1.53. The van der Waals surface area contributed by atoms with Crippen molar-refractivity contribution in [1.82, 2.24) is 0 Å². The molecule has 0 radical (unpaired) electrons. The van der Waals surface area contributed by atoms with Gasteiger partial charge in [-0.1, -0.05) is 13.2 Å². The number of hydrogen-bond acceptors (Lipinski definition) is 0. The second-order valence-electron chi connectivity index (χ2n) is 2.60. The Kier molecular flexibility index (Phi) is 3.74. The lowest BCUT2D eigenvalue weighted by Gasteiger charge is -2.26. The van der Waals surface area contributed by atoms with E-state index >= 15 is 0 Å². The molecule has 1 nitrogen and oxygen atoms in total. The van der Waals surface area contributed by atoms with Crippen LogP contribution in [0.5, 0.6) is 0 Å². The first kappa shape index (κ1) is 9.18. The molecule has 0 saturated carbocycles. The van der Waals surface area contributed by atoms with Gasteiger partial charge >= 0.3 is 0 Å². The maximum atomic E-state index is 3.75. The van der Waals surface area contributed by atoms with Gasteiger partial charge in [-0.2, -0.15) is 0 Å². The van der Waals surface area contributed by atoms with Crippen molar-refractivity contribution in [3.05, 3.63) is 38.1 Å². The van der Waals surface area contributed by atoms with Crippen LogP contribution in [0.4, 0.5) is 0 Å². The van der Waals surface area contributed by atoms with Gasteiger partial charge in [-0.3, -0.25) is 4.48 Å². The number of likely N-dealkylation sites (N-methyl/N-ethyl adjacent to an activating group) is 1. The van der Waals surface area contributed by atoms with Crippen LogP contribution in [-0.4, -0.2) is 24.6 Å². The van der Waals surface area contributed by atoms with Crippen LogP contribution in [0, 0.1) is 0 Å². The standard InChI is InChI=1S/C9H16N/c1-5-8-10(4,7-3)9-6-2/h5-7H,1-3,8-9H2,4H3/q+1. The molecule has 0 aliphatic heterocycles. The van der Waals surface area contributed by atoms with E-state index in [-0.39, 0.29) is 0 Å². The number of quaternary nitrogens is 1. The number of hydrogen-bond donors (Lipinski definition) is 0. The van der Waals surface area contributed by atoms with E-state index in [1.54, 1.807) is 0 Å². The highest BCUT2D eigenvalue weighted by Crippen LogP contribution is 2.01. The molecule has 0 N–H and O–H groups in total. The van der Waals surface area contributed by atoms with Crippen molar-refractivity contribution in [2.24, 2.45) is 0 Å². The lowest BCUT2D eigenvalue weighted by atomic mass is 10.4. The predicted octanol–water partition coefficient (Wildman–Crippen LogP) is 1.95. The Morgan fingerprint density at radius 2 is 1.50 bits per heavy atom. The minimum Gasteiger partial charge on any atom is -0.294 e. The van der Waals surface area contributed by atoms with Crippen LogP contribution in [0.2, 0.25) is 0 Å². The van der Waals surface area contributed by atoms with Crippen molar-refractivity contribution in [2.75, 3.05) is 20.1 Å². The van der Waals surface area contributed by atoms with Gasteiger partial charge in [0.1, 0.15) is 13.1 Å². The topological polar surface area (TPSA) is 0 Å². The van der Waals surface area contributed by atoms with Crippen LogP contribution < -0.4 is 0 Å². The molecule has 0 heterocycles. The highest BCUT2D eigenvalue weighted by Gasteiger charge is 2.11. The van der Waals surface area contributed by atoms with E-state index in [9.17, 15) is 0 Å². The van der Waals surface area contributed by atoms with E-state index < -0.39 is 0 Å². The molecular formula is C9H16N+. The quantitative estimate of drug-likeness (QED) is 0.402. The van der Waals surface area contributed by atoms with E-state index in [2.05, 4.69) is 26.8 Å². The molecule has 56 valence electrons. The molecule has 0 aliphatic rings. The summed E-state index contributed by atoms with van der Waals surface area (Å²) in [7, 11) is 2.09. The zero-order valence-corrected chi connectivity index (χ0v) is 6.71. The van der Waals surface area contributed by atoms with Gasteiger partial charge in [-0.05, 0) is 18.7 Å². The van der Waals surface area contributed by atoms with Gasteiger partial charge < -0.3 is 0 Å². The van der Waals surface area contributed by atoms with Crippen LogP contribution in [0.15, 0.2) is 38.1 Å². The molecule has 0 atom stereocenters. The fourth-order valence-corrected chi connectivity index (χ4v) is 0.813. The van der Waals surface area contributed by atoms with Crippen LogP contribution in [0.25, 0.3) is 0 Å². The van der Waals surface area contributed by atoms with Crippen LogP contribution in [0.1, 0.15) is 0 Å². The smallest absolute Gasteiger partial charge is 0.101 e. The van der Waals surface area contributed by atoms with E-state index in [4.69, 9.17) is 0 Å². The van der Waals surface area contributed by atoms with Crippen LogP contribution in [-0.2, 0) is 0 Å². The molecule has 0 rings (SSSR count). The second-order valence-corrected chi connectivity index (χ2v) is 2.60. The average molecular weight is 138 g/mol. The molecule has 0 fully saturated rings. The van der Waals surface area contributed by atoms with Crippen molar-refractivity contribution in [3.63, 3.8) is 0 Å². The van der Waals surface area contributed by atoms with Crippen molar-refractivity contribution in [3.8, 4) is 0 Å². The molecule has 0 aromatic carbocycles. The van der Waals surface area contributed by atoms with E-state index in [1.807, 2.05) is 18.4 Å². The summed E-state index contributed by atoms with van der Waals surface area (Å²) in [5, 5.41) is 0. The van der Waals surface area contributed by atoms with Crippen molar-refractivity contribution in [2.45, 2.75) is 0 Å². The molecule has 0 amide bonds. The lowest BCUT2D eigenvalue weighted by molar-refractivity contribution is -0.847. The minimum atomic E-state index is 0.785. The Bertz CT molecular complexity index is 126. The van der Waals surface area contributed by atoms with Gasteiger partial charge in [0.05, 0.1) is 13.2 Å². The van der Waals surface area contributed by atoms with E-state index in [1.165, 1.54) is 0 Å². The molecule has 0 bridgehead atoms. The summed E-state index contributed by atoms with van der Waals surface area (Å²) in [6.45, 7) is 12.9. The molecule has 0 aromatic heterocycles. The van der Waals surface area contributed by atoms with Gasteiger partial charge in [-0.25, -0.2) is 0 Å². The average Bonchev–Trinajstić information content (AvgIpc) is 1.89. The molecule has 0 aromatic rings. The Hall–Kier alpha value is -0.820. The molecule has 0 aliphatic carbocycles. The summed E-state index contributed by atoms with van der Waals surface area (Å²) in [6, 6.07) is 0. The first-order valence-corrected chi connectivity index (χ1v) is 3.38. The molecule has 0 saturated heterocycles. The fourth-order valence-electron chi connectivity index (χ4n) is 0.813. The maximum Gasteiger partial charge on any atom is 0.101 e. The zero-order chi connectivity index (χ0) is 8.04. The summed E-state index contributed by atoms with van der Waals surface area (Å²) in [5.41, 5.74) is 0. The summed E-state index contributed by atoms with van der Waals surface area (Å²) >= 11 is 0. The number of nitrogens with zero attached hydrogens (tertiary/aromatic N) is 1. The van der Waals surface area contributed by atoms with E-state index in [0.29, 0.717) is 0 Å². The van der Waals surface area contributed by atoms with Crippen molar-refractivity contribution < 1.29 is 4.48 Å². The predicted molar refractivity (Wildman–Crippen MR) is 46.5 cm³/mol. The third kappa shape index (κ3) is 2.65. The van der Waals surface area contributed by atoms with Crippen LogP contribution >= 0.6 is 0 Å². The number of rotatable bonds is 5. The fraction of sp³-hybridized carbons (Fsp3) is 0.333. The van der Waals surface area contributed by atoms with Gasteiger partial charge in [0.15, 0.2) is 0 Å². The molecule has 0 spiro atoms.